The van der Waals surface area contributed by atoms with Crippen LogP contribution < -0.4 is 11.5 Å². The van der Waals surface area contributed by atoms with Crippen molar-refractivity contribution < 1.29 is 4.79 Å². The molecule has 1 aromatic rings. The van der Waals surface area contributed by atoms with Crippen molar-refractivity contribution in [3.63, 3.8) is 0 Å². The lowest BCUT2D eigenvalue weighted by molar-refractivity contribution is 0.0999. The van der Waals surface area contributed by atoms with Crippen LogP contribution in [0.5, 0.6) is 0 Å². The maximum atomic E-state index is 11.1. The number of aromatic nitrogens is 1. The minimum Gasteiger partial charge on any atom is -0.366 e. The Labute approximate surface area is 87.3 Å². The third-order valence-corrected chi connectivity index (χ3v) is 2.21. The first-order valence-corrected chi connectivity index (χ1v) is 4.64. The van der Waals surface area contributed by atoms with Crippen molar-refractivity contribution in [2.45, 2.75) is 19.4 Å². The molecule has 1 atom stereocenters. The van der Waals surface area contributed by atoms with Gasteiger partial charge in [-0.1, -0.05) is 18.5 Å². The summed E-state index contributed by atoms with van der Waals surface area (Å²) in [5.74, 6) is -0.534. The molecule has 0 radical (unpaired) electrons. The van der Waals surface area contributed by atoms with Crippen LogP contribution in [0.1, 0.15) is 35.3 Å². The molecule has 1 rings (SSSR count). The van der Waals surface area contributed by atoms with Crippen molar-refractivity contribution in [3.8, 4) is 0 Å². The summed E-state index contributed by atoms with van der Waals surface area (Å²) in [7, 11) is 0. The number of nitrogens with zero attached hydrogens (tertiary/aromatic N) is 1. The Morgan fingerprint density at radius 3 is 2.86 bits per heavy atom. The quantitative estimate of drug-likeness (QED) is 0.742. The minimum absolute atomic E-state index is 0.234. The summed E-state index contributed by atoms with van der Waals surface area (Å²) in [6.45, 7) is 1.92. The Balaban J connectivity index is 3.21. The first-order chi connectivity index (χ1) is 6.56. The van der Waals surface area contributed by atoms with E-state index in [1.165, 1.54) is 12.3 Å². The topological polar surface area (TPSA) is 82.0 Å². The normalized spacial score (nSPS) is 12.5. The Bertz CT molecular complexity index is 354. The van der Waals surface area contributed by atoms with Gasteiger partial charge in [0, 0.05) is 17.8 Å². The van der Waals surface area contributed by atoms with Crippen molar-refractivity contribution in [1.82, 2.24) is 4.98 Å². The number of hydrogen-bond acceptors (Lipinski definition) is 3. The summed E-state index contributed by atoms with van der Waals surface area (Å²) in [6, 6.07) is 1.21. The molecule has 0 bridgehead atoms. The third-order valence-electron chi connectivity index (χ3n) is 2.01. The van der Waals surface area contributed by atoms with Crippen LogP contribution in [0.3, 0.4) is 0 Å². The molecule has 14 heavy (non-hydrogen) atoms. The first kappa shape index (κ1) is 10.9. The fraction of sp³-hybridized carbons (Fsp3) is 0.333. The van der Waals surface area contributed by atoms with Crippen LogP contribution >= 0.6 is 11.6 Å². The molecule has 0 aromatic carbocycles. The summed E-state index contributed by atoms with van der Waals surface area (Å²) in [4.78, 5) is 14.9. The van der Waals surface area contributed by atoms with Crippen molar-refractivity contribution in [2.24, 2.45) is 11.5 Å². The second kappa shape index (κ2) is 4.39. The predicted molar refractivity (Wildman–Crippen MR) is 55.0 cm³/mol. The van der Waals surface area contributed by atoms with E-state index in [9.17, 15) is 4.79 Å². The maximum Gasteiger partial charge on any atom is 0.249 e. The van der Waals surface area contributed by atoms with Gasteiger partial charge < -0.3 is 11.5 Å². The van der Waals surface area contributed by atoms with E-state index in [1.54, 1.807) is 0 Å². The first-order valence-electron chi connectivity index (χ1n) is 4.27. The molecule has 0 aliphatic heterocycles. The third kappa shape index (κ3) is 2.21. The highest BCUT2D eigenvalue weighted by molar-refractivity contribution is 6.29. The molecular weight excluding hydrogens is 202 g/mol. The highest BCUT2D eigenvalue weighted by Crippen LogP contribution is 2.20. The van der Waals surface area contributed by atoms with Crippen LogP contribution in [0.4, 0.5) is 0 Å². The fourth-order valence-electron chi connectivity index (χ4n) is 1.17. The standard InChI is InChI=1S/C9H12ClN3O/c1-2-7(11)6-4-13-8(10)3-5(6)9(12)14/h3-4,7H,2,11H2,1H3,(H2,12,14)/t7-/m1/s1. The molecular formula is C9H12ClN3O. The van der Waals surface area contributed by atoms with Gasteiger partial charge in [-0.2, -0.15) is 0 Å². The van der Waals surface area contributed by atoms with Gasteiger partial charge >= 0.3 is 0 Å². The van der Waals surface area contributed by atoms with E-state index in [1.807, 2.05) is 6.92 Å². The van der Waals surface area contributed by atoms with E-state index in [4.69, 9.17) is 23.1 Å². The van der Waals surface area contributed by atoms with Crippen LogP contribution in [0.15, 0.2) is 12.3 Å². The average molecular weight is 214 g/mol. The molecule has 1 aromatic heterocycles. The Kier molecular flexibility index (Phi) is 3.43. The number of pyridine rings is 1. The van der Waals surface area contributed by atoms with Gasteiger partial charge in [-0.15, -0.1) is 0 Å². The number of halogens is 1. The summed E-state index contributed by atoms with van der Waals surface area (Å²) in [6.07, 6.45) is 2.21. The van der Waals surface area contributed by atoms with Crippen LogP contribution in [0.2, 0.25) is 5.15 Å². The van der Waals surface area contributed by atoms with Crippen LogP contribution in [-0.4, -0.2) is 10.9 Å². The summed E-state index contributed by atoms with van der Waals surface area (Å²) in [5, 5.41) is 0.242. The molecule has 5 heteroatoms. The number of primary amides is 1. The minimum atomic E-state index is -0.534. The lowest BCUT2D eigenvalue weighted by Crippen LogP contribution is -2.19. The lowest BCUT2D eigenvalue weighted by Gasteiger charge is -2.12. The highest BCUT2D eigenvalue weighted by Gasteiger charge is 2.14. The SMILES string of the molecule is CC[C@@H](N)c1cnc(Cl)cc1C(N)=O. The summed E-state index contributed by atoms with van der Waals surface area (Å²) < 4.78 is 0. The number of amides is 1. The molecule has 0 saturated carbocycles. The predicted octanol–water partition coefficient (Wildman–Crippen LogP) is 1.24. The van der Waals surface area contributed by atoms with E-state index >= 15 is 0 Å². The second-order valence-corrected chi connectivity index (χ2v) is 3.36. The van der Waals surface area contributed by atoms with Crippen molar-refractivity contribution in [1.29, 1.82) is 0 Å². The Morgan fingerprint density at radius 2 is 2.36 bits per heavy atom. The molecule has 0 unspecified atom stereocenters. The van der Waals surface area contributed by atoms with E-state index < -0.39 is 5.91 Å². The fourth-order valence-corrected chi connectivity index (χ4v) is 1.33. The van der Waals surface area contributed by atoms with Crippen molar-refractivity contribution in [3.05, 3.63) is 28.5 Å². The zero-order valence-corrected chi connectivity index (χ0v) is 8.58. The van der Waals surface area contributed by atoms with Gasteiger partial charge in [0.2, 0.25) is 5.91 Å². The van der Waals surface area contributed by atoms with Gasteiger partial charge in [0.05, 0.1) is 0 Å². The molecule has 4 nitrogen and oxygen atoms in total. The number of rotatable bonds is 3. The zero-order valence-electron chi connectivity index (χ0n) is 7.83. The van der Waals surface area contributed by atoms with Crippen LogP contribution in [0.25, 0.3) is 0 Å². The maximum absolute atomic E-state index is 11.1. The van der Waals surface area contributed by atoms with Gasteiger partial charge in [-0.05, 0) is 18.1 Å². The van der Waals surface area contributed by atoms with Crippen LogP contribution in [0, 0.1) is 0 Å². The van der Waals surface area contributed by atoms with E-state index in [2.05, 4.69) is 4.98 Å². The number of nitrogens with two attached hydrogens (primary N) is 2. The molecule has 1 amide bonds. The van der Waals surface area contributed by atoms with Gasteiger partial charge in [0.15, 0.2) is 0 Å². The van der Waals surface area contributed by atoms with Gasteiger partial charge in [-0.25, -0.2) is 4.98 Å². The molecule has 1 heterocycles. The second-order valence-electron chi connectivity index (χ2n) is 2.97. The average Bonchev–Trinajstić information content (AvgIpc) is 2.16. The number of carbonyl (C=O) groups excluding carboxylic acids is 1. The smallest absolute Gasteiger partial charge is 0.249 e. The van der Waals surface area contributed by atoms with Gasteiger partial charge in [-0.3, -0.25) is 4.79 Å². The molecule has 0 fully saturated rings. The molecule has 0 aliphatic rings. The summed E-state index contributed by atoms with van der Waals surface area (Å²) >= 11 is 5.65. The zero-order chi connectivity index (χ0) is 10.7. The van der Waals surface area contributed by atoms with Crippen molar-refractivity contribution in [2.75, 3.05) is 0 Å². The lowest BCUT2D eigenvalue weighted by atomic mass is 10.0. The summed E-state index contributed by atoms with van der Waals surface area (Å²) in [5.41, 5.74) is 12.0. The molecule has 4 N–H and O–H groups in total. The van der Waals surface area contributed by atoms with Crippen LogP contribution in [-0.2, 0) is 0 Å². The Morgan fingerprint density at radius 1 is 1.71 bits per heavy atom. The molecule has 0 spiro atoms. The molecule has 76 valence electrons. The largest absolute Gasteiger partial charge is 0.366 e. The van der Waals surface area contributed by atoms with Gasteiger partial charge in [0.25, 0.3) is 0 Å². The van der Waals surface area contributed by atoms with Crippen molar-refractivity contribution >= 4 is 17.5 Å². The molecule has 0 saturated heterocycles. The van der Waals surface area contributed by atoms with Gasteiger partial charge in [0.1, 0.15) is 5.15 Å². The van der Waals surface area contributed by atoms with E-state index in [0.29, 0.717) is 17.5 Å². The van der Waals surface area contributed by atoms with E-state index in [0.717, 1.165) is 0 Å². The Hall–Kier alpha value is -1.13. The number of hydrogen-bond donors (Lipinski definition) is 2. The monoisotopic (exact) mass is 213 g/mol. The number of carbonyl (C=O) groups is 1. The molecule has 0 aliphatic carbocycles. The van der Waals surface area contributed by atoms with E-state index in [-0.39, 0.29) is 11.2 Å². The highest BCUT2D eigenvalue weighted by atomic mass is 35.5.